The van der Waals surface area contributed by atoms with Crippen molar-refractivity contribution >= 4 is 38.3 Å². The van der Waals surface area contributed by atoms with E-state index in [2.05, 4.69) is 56.9 Å². The zero-order valence-electron chi connectivity index (χ0n) is 20.1. The lowest BCUT2D eigenvalue weighted by atomic mass is 9.94. The summed E-state index contributed by atoms with van der Waals surface area (Å²) in [6.45, 7) is 9.75. The lowest BCUT2D eigenvalue weighted by Gasteiger charge is -2.37. The van der Waals surface area contributed by atoms with Crippen molar-refractivity contribution in [2.75, 3.05) is 32.1 Å². The van der Waals surface area contributed by atoms with Crippen LogP contribution in [0.25, 0.3) is 10.9 Å². The molecule has 0 bridgehead atoms. The van der Waals surface area contributed by atoms with Gasteiger partial charge in [-0.3, -0.25) is 0 Å². The minimum Gasteiger partial charge on any atom is -0.493 e. The maximum Gasteiger partial charge on any atom is 0.163 e. The van der Waals surface area contributed by atoms with E-state index in [0.29, 0.717) is 57.5 Å². The normalized spacial score (nSPS) is 16.1. The van der Waals surface area contributed by atoms with Gasteiger partial charge in [0, 0.05) is 22.0 Å². The van der Waals surface area contributed by atoms with Gasteiger partial charge < -0.3 is 19.7 Å². The van der Waals surface area contributed by atoms with Crippen LogP contribution in [0.4, 0.5) is 15.9 Å². The third kappa shape index (κ3) is 5.61. The number of anilines is 2. The highest BCUT2D eigenvalue weighted by Crippen LogP contribution is 2.36. The summed E-state index contributed by atoms with van der Waals surface area (Å²) in [6, 6.07) is 9.17. The molecule has 1 aromatic heterocycles. The molecule has 0 amide bonds. The van der Waals surface area contributed by atoms with Crippen molar-refractivity contribution < 1.29 is 13.9 Å². The molecule has 3 aromatic rings. The van der Waals surface area contributed by atoms with Gasteiger partial charge in [0.15, 0.2) is 11.5 Å². The molecule has 2 aromatic carbocycles. The summed E-state index contributed by atoms with van der Waals surface area (Å²) in [6.07, 6.45) is 3.72. The Morgan fingerprint density at radius 3 is 2.56 bits per heavy atom. The van der Waals surface area contributed by atoms with Crippen LogP contribution in [0.2, 0.25) is 0 Å². The first-order valence-electron chi connectivity index (χ1n) is 11.8. The van der Waals surface area contributed by atoms with E-state index in [1.807, 2.05) is 12.1 Å². The topological polar surface area (TPSA) is 59.5 Å². The summed E-state index contributed by atoms with van der Waals surface area (Å²) in [5, 5.41) is 3.80. The molecule has 182 valence electrons. The number of benzene rings is 2. The Balaban J connectivity index is 1.48. The minimum atomic E-state index is -0.373. The van der Waals surface area contributed by atoms with Gasteiger partial charge in [0.05, 0.1) is 24.9 Å². The molecule has 0 radical (unpaired) electrons. The highest BCUT2D eigenvalue weighted by atomic mass is 79.9. The number of ether oxygens (including phenoxy) is 2. The van der Waals surface area contributed by atoms with Crippen molar-refractivity contribution in [1.29, 1.82) is 0 Å². The number of hydrogen-bond donors (Lipinski definition) is 1. The van der Waals surface area contributed by atoms with Crippen LogP contribution < -0.4 is 14.8 Å². The van der Waals surface area contributed by atoms with E-state index in [-0.39, 0.29) is 5.82 Å². The Hall–Kier alpha value is -2.45. The molecule has 6 nitrogen and oxygen atoms in total. The second-order valence-electron chi connectivity index (χ2n) is 9.27. The van der Waals surface area contributed by atoms with Gasteiger partial charge >= 0.3 is 0 Å². The molecule has 34 heavy (non-hydrogen) atoms. The number of aromatic nitrogens is 2. The quantitative estimate of drug-likeness (QED) is 0.362. The molecule has 8 heteroatoms. The molecule has 0 saturated carbocycles. The average Bonchev–Trinajstić information content (AvgIpc) is 2.83. The van der Waals surface area contributed by atoms with E-state index in [1.54, 1.807) is 19.2 Å². The summed E-state index contributed by atoms with van der Waals surface area (Å²) in [5.74, 6) is 2.57. The molecule has 1 N–H and O–H groups in total. The number of fused-ring (bicyclic) bond motifs is 1. The molecule has 0 unspecified atom stereocenters. The lowest BCUT2D eigenvalue weighted by molar-refractivity contribution is 0.0936. The van der Waals surface area contributed by atoms with Gasteiger partial charge in [-0.25, -0.2) is 14.4 Å². The molecule has 1 aliphatic heterocycles. The highest BCUT2D eigenvalue weighted by Gasteiger charge is 2.25. The molecule has 0 spiro atoms. The summed E-state index contributed by atoms with van der Waals surface area (Å²) < 4.78 is 26.9. The van der Waals surface area contributed by atoms with Gasteiger partial charge in [-0.2, -0.15) is 0 Å². The van der Waals surface area contributed by atoms with Crippen molar-refractivity contribution in [3.63, 3.8) is 0 Å². The molecule has 1 saturated heterocycles. The first-order chi connectivity index (χ1) is 16.4. The van der Waals surface area contributed by atoms with Crippen LogP contribution in [-0.2, 0) is 0 Å². The predicted molar refractivity (Wildman–Crippen MR) is 138 cm³/mol. The molecular formula is C26H32BrFN4O2. The van der Waals surface area contributed by atoms with Gasteiger partial charge in [0.1, 0.15) is 18.0 Å². The third-order valence-electron chi connectivity index (χ3n) is 6.77. The second-order valence-corrected chi connectivity index (χ2v) is 10.2. The Bertz CT molecular complexity index is 1140. The largest absolute Gasteiger partial charge is 0.493 e. The second kappa shape index (κ2) is 10.9. The fourth-order valence-electron chi connectivity index (χ4n) is 4.31. The van der Waals surface area contributed by atoms with Crippen molar-refractivity contribution in [2.45, 2.75) is 39.7 Å². The summed E-state index contributed by atoms with van der Waals surface area (Å²) >= 11 is 3.28. The van der Waals surface area contributed by atoms with Crippen LogP contribution in [0.3, 0.4) is 0 Å². The van der Waals surface area contributed by atoms with Gasteiger partial charge in [-0.1, -0.05) is 29.8 Å². The maximum atomic E-state index is 14.3. The van der Waals surface area contributed by atoms with Gasteiger partial charge in [-0.05, 0) is 69.0 Å². The highest BCUT2D eigenvalue weighted by molar-refractivity contribution is 9.10. The summed E-state index contributed by atoms with van der Waals surface area (Å²) in [4.78, 5) is 11.3. The van der Waals surface area contributed by atoms with Crippen LogP contribution in [0.15, 0.2) is 41.1 Å². The number of halogens is 2. The standard InChI is InChI=1S/C26H32BrFN4O2/c1-16(2)17(3)32-9-7-18(8-10-32)14-34-25-13-23-20(12-24(25)33-4)26(30-15-29-23)31-22-6-5-19(27)11-21(22)28/h5-6,11-13,15-18H,7-10,14H2,1-4H3,(H,29,30,31)/t17-/m1/s1. The smallest absolute Gasteiger partial charge is 0.163 e. The van der Waals surface area contributed by atoms with E-state index in [4.69, 9.17) is 9.47 Å². The number of methoxy groups -OCH3 is 1. The number of likely N-dealkylation sites (tertiary alicyclic amines) is 1. The lowest BCUT2D eigenvalue weighted by Crippen LogP contribution is -2.43. The van der Waals surface area contributed by atoms with E-state index < -0.39 is 0 Å². The molecular weight excluding hydrogens is 499 g/mol. The van der Waals surface area contributed by atoms with Crippen molar-refractivity contribution in [3.8, 4) is 11.5 Å². The summed E-state index contributed by atoms with van der Waals surface area (Å²) in [7, 11) is 1.62. The molecule has 1 atom stereocenters. The summed E-state index contributed by atoms with van der Waals surface area (Å²) in [5.41, 5.74) is 1.03. The fourth-order valence-corrected chi connectivity index (χ4v) is 4.64. The van der Waals surface area contributed by atoms with Crippen LogP contribution in [0, 0.1) is 17.7 Å². The maximum absolute atomic E-state index is 14.3. The van der Waals surface area contributed by atoms with E-state index in [0.717, 1.165) is 31.3 Å². The van der Waals surface area contributed by atoms with Crippen LogP contribution in [-0.4, -0.2) is 47.7 Å². The Kier molecular flexibility index (Phi) is 7.88. The number of nitrogens with one attached hydrogen (secondary N) is 1. The molecule has 0 aliphatic carbocycles. The SMILES string of the molecule is COc1cc2c(Nc3ccc(Br)cc3F)ncnc2cc1OCC1CCN([C@H](C)C(C)C)CC1. The Morgan fingerprint density at radius 2 is 1.88 bits per heavy atom. The monoisotopic (exact) mass is 530 g/mol. The van der Waals surface area contributed by atoms with E-state index in [9.17, 15) is 4.39 Å². The zero-order valence-corrected chi connectivity index (χ0v) is 21.7. The zero-order chi connectivity index (χ0) is 24.2. The number of hydrogen-bond acceptors (Lipinski definition) is 6. The van der Waals surface area contributed by atoms with Crippen LogP contribution in [0.1, 0.15) is 33.6 Å². The first-order valence-corrected chi connectivity index (χ1v) is 12.6. The number of piperidine rings is 1. The van der Waals surface area contributed by atoms with Gasteiger partial charge in [0.25, 0.3) is 0 Å². The van der Waals surface area contributed by atoms with Crippen LogP contribution >= 0.6 is 15.9 Å². The fraction of sp³-hybridized carbons (Fsp3) is 0.462. The number of rotatable bonds is 8. The van der Waals surface area contributed by atoms with E-state index in [1.165, 1.54) is 12.4 Å². The molecule has 1 aliphatic rings. The van der Waals surface area contributed by atoms with Gasteiger partial charge in [-0.15, -0.1) is 0 Å². The first kappa shape index (κ1) is 24.7. The van der Waals surface area contributed by atoms with Gasteiger partial charge in [0.2, 0.25) is 0 Å². The van der Waals surface area contributed by atoms with E-state index >= 15 is 0 Å². The van der Waals surface area contributed by atoms with Crippen molar-refractivity contribution in [2.24, 2.45) is 11.8 Å². The molecule has 2 heterocycles. The van der Waals surface area contributed by atoms with Crippen molar-refractivity contribution in [3.05, 3.63) is 46.9 Å². The average molecular weight is 531 g/mol. The minimum absolute atomic E-state index is 0.334. The number of nitrogens with zero attached hydrogens (tertiary/aromatic N) is 3. The Morgan fingerprint density at radius 1 is 1.12 bits per heavy atom. The Labute approximate surface area is 209 Å². The van der Waals surface area contributed by atoms with Crippen molar-refractivity contribution in [1.82, 2.24) is 14.9 Å². The molecule has 1 fully saturated rings. The third-order valence-corrected chi connectivity index (χ3v) is 7.26. The predicted octanol–water partition coefficient (Wildman–Crippen LogP) is 6.42. The molecule has 4 rings (SSSR count). The van der Waals surface area contributed by atoms with Crippen LogP contribution in [0.5, 0.6) is 11.5 Å².